The Balaban J connectivity index is 1.01. The Labute approximate surface area is 335 Å². The van der Waals surface area contributed by atoms with E-state index in [2.05, 4.69) is 228 Å². The first-order valence-corrected chi connectivity index (χ1v) is 20.2. The van der Waals surface area contributed by atoms with Crippen LogP contribution in [0.4, 0.5) is 17.1 Å². The minimum absolute atomic E-state index is 1.09. The largest absolute Gasteiger partial charge is 0.310 e. The molecule has 0 aliphatic carbocycles. The summed E-state index contributed by atoms with van der Waals surface area (Å²) in [5, 5.41) is 5.16. The van der Waals surface area contributed by atoms with Gasteiger partial charge in [-0.1, -0.05) is 146 Å². The third-order valence-electron chi connectivity index (χ3n) is 11.2. The molecule has 268 valence electrons. The van der Waals surface area contributed by atoms with Gasteiger partial charge in [0, 0.05) is 53.6 Å². The average Bonchev–Trinajstić information content (AvgIpc) is 3.83. The highest BCUT2D eigenvalue weighted by Gasteiger charge is 2.18. The van der Waals surface area contributed by atoms with E-state index >= 15 is 0 Å². The van der Waals surface area contributed by atoms with E-state index in [4.69, 9.17) is 0 Å². The van der Waals surface area contributed by atoms with Crippen LogP contribution >= 0.6 is 11.3 Å². The van der Waals surface area contributed by atoms with Gasteiger partial charge in [-0.15, -0.1) is 11.3 Å². The number of aromatic nitrogens is 1. The lowest BCUT2D eigenvalue weighted by Gasteiger charge is -2.26. The number of benzene rings is 9. The Bertz CT molecular complexity index is 3170. The number of hydrogen-bond donors (Lipinski definition) is 0. The van der Waals surface area contributed by atoms with E-state index in [0.717, 1.165) is 17.1 Å². The van der Waals surface area contributed by atoms with Crippen molar-refractivity contribution in [2.24, 2.45) is 0 Å². The van der Waals surface area contributed by atoms with Crippen LogP contribution in [-0.4, -0.2) is 4.57 Å². The number of anilines is 3. The quantitative estimate of drug-likeness (QED) is 0.158. The van der Waals surface area contributed by atoms with Gasteiger partial charge in [0.25, 0.3) is 0 Å². The molecule has 0 aliphatic rings. The third-order valence-corrected chi connectivity index (χ3v) is 12.4. The van der Waals surface area contributed by atoms with Crippen molar-refractivity contribution in [3.8, 4) is 39.1 Å². The van der Waals surface area contributed by atoms with Gasteiger partial charge in [0.1, 0.15) is 0 Å². The number of hydrogen-bond acceptors (Lipinski definition) is 2. The molecule has 11 aromatic rings. The summed E-state index contributed by atoms with van der Waals surface area (Å²) >= 11 is 1.86. The third kappa shape index (κ3) is 5.80. The predicted octanol–water partition coefficient (Wildman–Crippen LogP) is 15.6. The van der Waals surface area contributed by atoms with Crippen LogP contribution in [0.3, 0.4) is 0 Å². The van der Waals surface area contributed by atoms with Gasteiger partial charge in [-0.2, -0.15) is 0 Å². The second-order valence-electron chi connectivity index (χ2n) is 14.5. The molecule has 3 heteroatoms. The summed E-state index contributed by atoms with van der Waals surface area (Å²) in [4.78, 5) is 2.37. The molecule has 0 N–H and O–H groups in total. The highest BCUT2D eigenvalue weighted by atomic mass is 32.1. The van der Waals surface area contributed by atoms with Crippen molar-refractivity contribution in [3.05, 3.63) is 218 Å². The van der Waals surface area contributed by atoms with Crippen molar-refractivity contribution in [3.63, 3.8) is 0 Å². The fraction of sp³-hybridized carbons (Fsp3) is 0. The van der Waals surface area contributed by atoms with E-state index in [1.807, 2.05) is 11.3 Å². The Hall–Kier alpha value is -7.20. The van der Waals surface area contributed by atoms with Crippen molar-refractivity contribution in [2.45, 2.75) is 0 Å². The van der Waals surface area contributed by atoms with Crippen LogP contribution in [0.25, 0.3) is 81.0 Å². The molecule has 2 aromatic heterocycles. The zero-order chi connectivity index (χ0) is 37.7. The highest BCUT2D eigenvalue weighted by Crippen LogP contribution is 2.41. The van der Waals surface area contributed by atoms with Crippen molar-refractivity contribution in [1.29, 1.82) is 0 Å². The summed E-state index contributed by atoms with van der Waals surface area (Å²) in [5.41, 5.74) is 14.0. The maximum Gasteiger partial charge on any atom is 0.0541 e. The van der Waals surface area contributed by atoms with E-state index in [9.17, 15) is 0 Å². The van der Waals surface area contributed by atoms with Gasteiger partial charge in [-0.05, 0) is 101 Å². The van der Waals surface area contributed by atoms with E-state index in [1.165, 1.54) is 81.0 Å². The Morgan fingerprint density at radius 1 is 0.316 bits per heavy atom. The SMILES string of the molecule is c1ccc(-c2cccc(N(c3ccc(-c4ccc5sc6ccccc6c5c4)cc3)c3ccc(-c4ccccc4-n4c5ccccc5c5ccccc54)cc3)c2)cc1. The Kier molecular flexibility index (Phi) is 8.04. The number of nitrogens with zero attached hydrogens (tertiary/aromatic N) is 2. The number of rotatable bonds is 7. The van der Waals surface area contributed by atoms with E-state index in [-0.39, 0.29) is 0 Å². The lowest BCUT2D eigenvalue weighted by molar-refractivity contribution is 1.18. The van der Waals surface area contributed by atoms with Crippen LogP contribution in [0, 0.1) is 0 Å². The van der Waals surface area contributed by atoms with Crippen LogP contribution in [-0.2, 0) is 0 Å². The first-order chi connectivity index (χ1) is 28.3. The molecule has 2 nitrogen and oxygen atoms in total. The Morgan fingerprint density at radius 2 is 0.842 bits per heavy atom. The van der Waals surface area contributed by atoms with Gasteiger partial charge in [0.2, 0.25) is 0 Å². The molecule has 0 saturated carbocycles. The van der Waals surface area contributed by atoms with E-state index in [0.29, 0.717) is 0 Å². The van der Waals surface area contributed by atoms with Gasteiger partial charge in [-0.25, -0.2) is 0 Å². The number of para-hydroxylation sites is 3. The number of thiophene rings is 1. The summed E-state index contributed by atoms with van der Waals surface area (Å²) in [5.74, 6) is 0. The molecule has 0 atom stereocenters. The molecule has 0 amide bonds. The van der Waals surface area contributed by atoms with E-state index in [1.54, 1.807) is 0 Å². The molecular formula is C54H36N2S. The van der Waals surface area contributed by atoms with Crippen molar-refractivity contribution >= 4 is 70.4 Å². The minimum atomic E-state index is 1.09. The molecule has 0 saturated heterocycles. The summed E-state index contributed by atoms with van der Waals surface area (Å²) in [6.07, 6.45) is 0. The van der Waals surface area contributed by atoms with Gasteiger partial charge in [0.15, 0.2) is 0 Å². The topological polar surface area (TPSA) is 8.17 Å². The minimum Gasteiger partial charge on any atom is -0.310 e. The summed E-state index contributed by atoms with van der Waals surface area (Å²) in [6.45, 7) is 0. The summed E-state index contributed by atoms with van der Waals surface area (Å²) in [7, 11) is 0. The molecule has 2 heterocycles. The Morgan fingerprint density at radius 3 is 1.58 bits per heavy atom. The maximum atomic E-state index is 2.41. The maximum absolute atomic E-state index is 2.41. The second kappa shape index (κ2) is 13.8. The molecule has 0 spiro atoms. The number of fused-ring (bicyclic) bond motifs is 6. The van der Waals surface area contributed by atoms with Crippen LogP contribution in [0.2, 0.25) is 0 Å². The van der Waals surface area contributed by atoms with Crippen LogP contribution < -0.4 is 4.90 Å². The molecule has 57 heavy (non-hydrogen) atoms. The first-order valence-electron chi connectivity index (χ1n) is 19.4. The molecule has 11 rings (SSSR count). The second-order valence-corrected chi connectivity index (χ2v) is 15.6. The fourth-order valence-electron chi connectivity index (χ4n) is 8.50. The molecule has 0 aliphatic heterocycles. The molecule has 0 fully saturated rings. The van der Waals surface area contributed by atoms with Crippen LogP contribution in [0.5, 0.6) is 0 Å². The normalized spacial score (nSPS) is 11.5. The zero-order valence-corrected chi connectivity index (χ0v) is 31.9. The van der Waals surface area contributed by atoms with Crippen LogP contribution in [0.15, 0.2) is 218 Å². The standard InChI is InChI=1S/C54H36N2S/c1-2-13-37(14-3-1)40-15-12-16-44(35-40)55(42-30-25-38(26-31-42)41-29-34-54-49(36-41)48-20-7-11-24-53(48)57-54)43-32-27-39(28-33-43)45-17-4-8-21-50(45)56-51-22-9-5-18-46(51)47-19-6-10-23-52(47)56/h1-36H. The van der Waals surface area contributed by atoms with Crippen molar-refractivity contribution < 1.29 is 0 Å². The molecule has 9 aromatic carbocycles. The zero-order valence-electron chi connectivity index (χ0n) is 31.1. The van der Waals surface area contributed by atoms with Gasteiger partial charge in [-0.3, -0.25) is 0 Å². The molecule has 0 bridgehead atoms. The predicted molar refractivity (Wildman–Crippen MR) is 245 cm³/mol. The van der Waals surface area contributed by atoms with E-state index < -0.39 is 0 Å². The van der Waals surface area contributed by atoms with Crippen LogP contribution in [0.1, 0.15) is 0 Å². The summed E-state index contributed by atoms with van der Waals surface area (Å²) < 4.78 is 5.06. The summed E-state index contributed by atoms with van der Waals surface area (Å²) in [6, 6.07) is 79.3. The lowest BCUT2D eigenvalue weighted by atomic mass is 10.0. The molecular weight excluding hydrogens is 709 g/mol. The highest BCUT2D eigenvalue weighted by molar-refractivity contribution is 7.25. The molecule has 0 radical (unpaired) electrons. The monoisotopic (exact) mass is 744 g/mol. The lowest BCUT2D eigenvalue weighted by Crippen LogP contribution is -2.10. The van der Waals surface area contributed by atoms with Gasteiger partial charge >= 0.3 is 0 Å². The van der Waals surface area contributed by atoms with Crippen molar-refractivity contribution in [2.75, 3.05) is 4.90 Å². The van der Waals surface area contributed by atoms with Crippen molar-refractivity contribution in [1.82, 2.24) is 4.57 Å². The first kappa shape index (κ1) is 33.2. The van der Waals surface area contributed by atoms with Gasteiger partial charge in [0.05, 0.1) is 16.7 Å². The smallest absolute Gasteiger partial charge is 0.0541 e. The molecule has 0 unspecified atom stereocenters. The average molecular weight is 745 g/mol. The van der Waals surface area contributed by atoms with Gasteiger partial charge < -0.3 is 9.47 Å². The fourth-order valence-corrected chi connectivity index (χ4v) is 9.58.